The van der Waals surface area contributed by atoms with Crippen molar-refractivity contribution in [3.63, 3.8) is 0 Å². The third kappa shape index (κ3) is 2.88. The Morgan fingerprint density at radius 3 is 2.76 bits per heavy atom. The topological polar surface area (TPSA) is 46.3 Å². The maximum atomic E-state index is 12.4. The van der Waals surface area contributed by atoms with Crippen molar-refractivity contribution in [2.45, 2.75) is 25.8 Å². The van der Waals surface area contributed by atoms with Crippen LogP contribution in [0.4, 0.5) is 11.4 Å². The summed E-state index contributed by atoms with van der Waals surface area (Å²) in [4.78, 5) is 14.3. The molecule has 2 N–H and O–H groups in total. The van der Waals surface area contributed by atoms with Gasteiger partial charge in [0.05, 0.1) is 6.54 Å². The molecular formula is C17H17ClN2O. The summed E-state index contributed by atoms with van der Waals surface area (Å²) < 4.78 is 0. The second kappa shape index (κ2) is 5.78. The average Bonchev–Trinajstić information content (AvgIpc) is 2.62. The van der Waals surface area contributed by atoms with Gasteiger partial charge in [-0.15, -0.1) is 0 Å². The zero-order chi connectivity index (χ0) is 14.8. The number of aryl methyl sites for hydroxylation is 1. The van der Waals surface area contributed by atoms with Crippen LogP contribution in [0, 0.1) is 0 Å². The molecule has 1 aliphatic heterocycles. The third-order valence-electron chi connectivity index (χ3n) is 3.86. The van der Waals surface area contributed by atoms with E-state index in [4.69, 9.17) is 17.3 Å². The van der Waals surface area contributed by atoms with Crippen LogP contribution in [-0.2, 0) is 17.8 Å². The second-order valence-corrected chi connectivity index (χ2v) is 5.74. The molecule has 0 fully saturated rings. The van der Waals surface area contributed by atoms with Gasteiger partial charge in [0.25, 0.3) is 0 Å². The fourth-order valence-electron chi connectivity index (χ4n) is 2.74. The van der Waals surface area contributed by atoms with E-state index in [1.807, 2.05) is 29.2 Å². The maximum absolute atomic E-state index is 12.4. The van der Waals surface area contributed by atoms with Gasteiger partial charge in [0.2, 0.25) is 5.91 Å². The second-order valence-electron chi connectivity index (χ2n) is 5.31. The molecule has 0 saturated carbocycles. The van der Waals surface area contributed by atoms with E-state index >= 15 is 0 Å². The number of hydrogen-bond acceptors (Lipinski definition) is 2. The molecule has 3 nitrogen and oxygen atoms in total. The Balaban J connectivity index is 1.98. The molecule has 1 aliphatic rings. The zero-order valence-electron chi connectivity index (χ0n) is 11.7. The van der Waals surface area contributed by atoms with Gasteiger partial charge in [-0.2, -0.15) is 0 Å². The number of anilines is 2. The largest absolute Gasteiger partial charge is 0.398 e. The van der Waals surface area contributed by atoms with Crippen molar-refractivity contribution in [1.29, 1.82) is 0 Å². The fraction of sp³-hybridized carbons (Fsp3) is 0.235. The van der Waals surface area contributed by atoms with Crippen molar-refractivity contribution in [3.8, 4) is 0 Å². The van der Waals surface area contributed by atoms with Crippen LogP contribution in [0.1, 0.15) is 24.0 Å². The van der Waals surface area contributed by atoms with Gasteiger partial charge in [-0.25, -0.2) is 0 Å². The summed E-state index contributed by atoms with van der Waals surface area (Å²) in [5.41, 5.74) is 9.78. The molecule has 0 radical (unpaired) electrons. The first-order chi connectivity index (χ1) is 10.1. The van der Waals surface area contributed by atoms with Crippen LogP contribution in [0.25, 0.3) is 0 Å². The van der Waals surface area contributed by atoms with Crippen LogP contribution >= 0.6 is 11.6 Å². The van der Waals surface area contributed by atoms with E-state index in [1.54, 1.807) is 12.1 Å². The molecule has 0 saturated heterocycles. The minimum absolute atomic E-state index is 0.148. The predicted molar refractivity (Wildman–Crippen MR) is 86.4 cm³/mol. The molecule has 2 aromatic rings. The molecule has 108 valence electrons. The average molecular weight is 301 g/mol. The molecule has 0 bridgehead atoms. The lowest BCUT2D eigenvalue weighted by molar-refractivity contribution is -0.118. The van der Waals surface area contributed by atoms with Crippen molar-refractivity contribution >= 4 is 28.9 Å². The Morgan fingerprint density at radius 1 is 1.14 bits per heavy atom. The van der Waals surface area contributed by atoms with E-state index in [2.05, 4.69) is 6.07 Å². The van der Waals surface area contributed by atoms with E-state index in [1.165, 1.54) is 5.56 Å². The van der Waals surface area contributed by atoms with Crippen LogP contribution in [0.2, 0.25) is 5.02 Å². The Morgan fingerprint density at radius 2 is 1.95 bits per heavy atom. The molecule has 0 spiro atoms. The monoisotopic (exact) mass is 300 g/mol. The van der Waals surface area contributed by atoms with Crippen molar-refractivity contribution in [1.82, 2.24) is 0 Å². The van der Waals surface area contributed by atoms with E-state index in [0.29, 0.717) is 23.7 Å². The van der Waals surface area contributed by atoms with Gasteiger partial charge in [0.1, 0.15) is 0 Å². The molecule has 0 atom stereocenters. The molecule has 0 aromatic heterocycles. The lowest BCUT2D eigenvalue weighted by Crippen LogP contribution is -2.29. The van der Waals surface area contributed by atoms with Crippen molar-refractivity contribution in [2.24, 2.45) is 0 Å². The summed E-state index contributed by atoms with van der Waals surface area (Å²) in [5, 5.41) is 0.610. The van der Waals surface area contributed by atoms with Crippen molar-refractivity contribution < 1.29 is 4.79 Å². The normalized spacial score (nSPS) is 14.7. The van der Waals surface area contributed by atoms with Gasteiger partial charge in [0.15, 0.2) is 0 Å². The SMILES string of the molecule is Nc1cc(Cl)ccc1CN1C(=O)CCCc2ccccc21. The number of carbonyl (C=O) groups is 1. The molecule has 0 unspecified atom stereocenters. The van der Waals surface area contributed by atoms with Crippen LogP contribution < -0.4 is 10.6 Å². The van der Waals surface area contributed by atoms with Gasteiger partial charge in [-0.05, 0) is 42.2 Å². The molecule has 2 aromatic carbocycles. The van der Waals surface area contributed by atoms with E-state index < -0.39 is 0 Å². The molecule has 21 heavy (non-hydrogen) atoms. The smallest absolute Gasteiger partial charge is 0.227 e. The highest BCUT2D eigenvalue weighted by atomic mass is 35.5. The number of nitrogen functional groups attached to an aromatic ring is 1. The number of carbonyl (C=O) groups excluding carboxylic acids is 1. The standard InChI is InChI=1S/C17H17ClN2O/c18-14-9-8-13(15(19)10-14)11-20-16-6-2-1-4-12(16)5-3-7-17(20)21/h1-2,4,6,8-10H,3,5,7,11,19H2. The summed E-state index contributed by atoms with van der Waals surface area (Å²) in [6.07, 6.45) is 2.40. The summed E-state index contributed by atoms with van der Waals surface area (Å²) in [6.45, 7) is 0.485. The molecule has 4 heteroatoms. The summed E-state index contributed by atoms with van der Waals surface area (Å²) in [5.74, 6) is 0.148. The Hall–Kier alpha value is -2.00. The number of hydrogen-bond donors (Lipinski definition) is 1. The number of amides is 1. The van der Waals surface area contributed by atoms with Crippen LogP contribution in [0.15, 0.2) is 42.5 Å². The minimum Gasteiger partial charge on any atom is -0.398 e. The Kier molecular flexibility index (Phi) is 3.84. The zero-order valence-corrected chi connectivity index (χ0v) is 12.4. The van der Waals surface area contributed by atoms with Gasteiger partial charge in [-0.1, -0.05) is 35.9 Å². The van der Waals surface area contributed by atoms with Crippen LogP contribution in [0.3, 0.4) is 0 Å². The highest BCUT2D eigenvalue weighted by molar-refractivity contribution is 6.30. The predicted octanol–water partition coefficient (Wildman–Crippen LogP) is 3.79. The molecule has 1 heterocycles. The lowest BCUT2D eigenvalue weighted by Gasteiger charge is -2.24. The summed E-state index contributed by atoms with van der Waals surface area (Å²) in [7, 11) is 0. The molecule has 3 rings (SSSR count). The fourth-order valence-corrected chi connectivity index (χ4v) is 2.92. The maximum Gasteiger partial charge on any atom is 0.227 e. The molecular weight excluding hydrogens is 284 g/mol. The number of rotatable bonds is 2. The number of fused-ring (bicyclic) bond motifs is 1. The van der Waals surface area contributed by atoms with Gasteiger partial charge < -0.3 is 10.6 Å². The highest BCUT2D eigenvalue weighted by Gasteiger charge is 2.22. The Labute approximate surface area is 129 Å². The van der Waals surface area contributed by atoms with E-state index in [9.17, 15) is 4.79 Å². The summed E-state index contributed by atoms with van der Waals surface area (Å²) >= 11 is 5.94. The van der Waals surface area contributed by atoms with Crippen LogP contribution in [-0.4, -0.2) is 5.91 Å². The third-order valence-corrected chi connectivity index (χ3v) is 4.09. The van der Waals surface area contributed by atoms with Gasteiger partial charge >= 0.3 is 0 Å². The first-order valence-corrected chi connectivity index (χ1v) is 7.45. The van der Waals surface area contributed by atoms with Crippen molar-refractivity contribution in [3.05, 3.63) is 58.6 Å². The number of para-hydroxylation sites is 1. The van der Waals surface area contributed by atoms with Crippen LogP contribution in [0.5, 0.6) is 0 Å². The quantitative estimate of drug-likeness (QED) is 0.858. The van der Waals surface area contributed by atoms with Gasteiger partial charge in [0, 0.05) is 22.8 Å². The number of nitrogens with two attached hydrogens (primary N) is 1. The number of benzene rings is 2. The Bertz CT molecular complexity index is 684. The van der Waals surface area contributed by atoms with Gasteiger partial charge in [-0.3, -0.25) is 4.79 Å². The highest BCUT2D eigenvalue weighted by Crippen LogP contribution is 2.29. The van der Waals surface area contributed by atoms with E-state index in [0.717, 1.165) is 24.1 Å². The number of nitrogens with zero attached hydrogens (tertiary/aromatic N) is 1. The first-order valence-electron chi connectivity index (χ1n) is 7.07. The minimum atomic E-state index is 0.148. The molecule has 1 amide bonds. The first kappa shape index (κ1) is 14.0. The van der Waals surface area contributed by atoms with E-state index in [-0.39, 0.29) is 5.91 Å². The summed E-state index contributed by atoms with van der Waals surface area (Å²) in [6, 6.07) is 13.5. The lowest BCUT2D eigenvalue weighted by atomic mass is 10.1. The molecule has 0 aliphatic carbocycles. The van der Waals surface area contributed by atoms with Crippen molar-refractivity contribution in [2.75, 3.05) is 10.6 Å². The number of halogens is 1.